The molecule has 6 heteroatoms. The first-order valence-electron chi connectivity index (χ1n) is 6.92. The van der Waals surface area contributed by atoms with Crippen LogP contribution in [-0.4, -0.2) is 48.3 Å². The van der Waals surface area contributed by atoms with Crippen LogP contribution in [-0.2, 0) is 16.0 Å². The fraction of sp³-hybridized carbons (Fsp3) is 0.467. The molecule has 6 nitrogen and oxygen atoms in total. The van der Waals surface area contributed by atoms with Gasteiger partial charge in [0.25, 0.3) is 0 Å². The number of hydrogen-bond acceptors (Lipinski definition) is 3. The van der Waals surface area contributed by atoms with Crippen LogP contribution in [0.4, 0.5) is 4.79 Å². The Bertz CT molecular complexity index is 532. The fourth-order valence-corrected chi connectivity index (χ4v) is 2.47. The molecule has 0 saturated heterocycles. The molecule has 114 valence electrons. The van der Waals surface area contributed by atoms with E-state index in [1.165, 1.54) is 4.90 Å². The van der Waals surface area contributed by atoms with Gasteiger partial charge in [-0.1, -0.05) is 24.3 Å². The number of aliphatic carboxylic acids is 1. The average molecular weight is 292 g/mol. The summed E-state index contributed by atoms with van der Waals surface area (Å²) in [4.78, 5) is 25.2. The monoisotopic (exact) mass is 292 g/mol. The Balaban J connectivity index is 2.16. The minimum Gasteiger partial charge on any atom is -0.479 e. The second kappa shape index (κ2) is 6.58. The van der Waals surface area contributed by atoms with Crippen LogP contribution in [0.25, 0.3) is 0 Å². The zero-order valence-electron chi connectivity index (χ0n) is 12.2. The lowest BCUT2D eigenvalue weighted by molar-refractivity contribution is -0.142. The van der Waals surface area contributed by atoms with Crippen molar-refractivity contribution in [3.8, 4) is 0 Å². The van der Waals surface area contributed by atoms with Gasteiger partial charge in [0.2, 0.25) is 0 Å². The van der Waals surface area contributed by atoms with Gasteiger partial charge >= 0.3 is 12.0 Å². The molecule has 1 aliphatic rings. The van der Waals surface area contributed by atoms with Crippen LogP contribution < -0.4 is 5.32 Å². The van der Waals surface area contributed by atoms with Gasteiger partial charge in [0.05, 0.1) is 6.10 Å². The van der Waals surface area contributed by atoms with Gasteiger partial charge in [0.1, 0.15) is 0 Å². The highest BCUT2D eigenvalue weighted by molar-refractivity contribution is 5.84. The van der Waals surface area contributed by atoms with Crippen molar-refractivity contribution in [2.24, 2.45) is 0 Å². The summed E-state index contributed by atoms with van der Waals surface area (Å²) in [5.41, 5.74) is 1.67. The maximum absolute atomic E-state index is 12.2. The Morgan fingerprint density at radius 3 is 2.86 bits per heavy atom. The quantitative estimate of drug-likeness (QED) is 0.879. The van der Waals surface area contributed by atoms with Crippen molar-refractivity contribution >= 4 is 12.0 Å². The Morgan fingerprint density at radius 2 is 2.19 bits per heavy atom. The van der Waals surface area contributed by atoms with Crippen LogP contribution in [0.15, 0.2) is 24.3 Å². The molecule has 2 rings (SSSR count). The lowest BCUT2D eigenvalue weighted by atomic mass is 9.93. The van der Waals surface area contributed by atoms with Crippen LogP contribution in [0.3, 0.4) is 0 Å². The highest BCUT2D eigenvalue weighted by atomic mass is 16.5. The molecule has 2 unspecified atom stereocenters. The van der Waals surface area contributed by atoms with E-state index in [2.05, 4.69) is 5.32 Å². The van der Waals surface area contributed by atoms with Crippen molar-refractivity contribution in [1.82, 2.24) is 10.2 Å². The molecule has 1 aromatic carbocycles. The Kier molecular flexibility index (Phi) is 4.80. The van der Waals surface area contributed by atoms with Gasteiger partial charge in [0, 0.05) is 20.2 Å². The molecule has 0 fully saturated rings. The van der Waals surface area contributed by atoms with Gasteiger partial charge in [0.15, 0.2) is 6.04 Å². The number of ether oxygens (including phenoxy) is 1. The van der Waals surface area contributed by atoms with E-state index in [9.17, 15) is 14.7 Å². The van der Waals surface area contributed by atoms with Crippen molar-refractivity contribution in [2.45, 2.75) is 25.5 Å². The summed E-state index contributed by atoms with van der Waals surface area (Å²) in [5, 5.41) is 12.2. The summed E-state index contributed by atoms with van der Waals surface area (Å²) in [5.74, 6) is -1.02. The third-order valence-electron chi connectivity index (χ3n) is 3.72. The first kappa shape index (κ1) is 15.3. The number of benzene rings is 1. The third kappa shape index (κ3) is 3.33. The maximum atomic E-state index is 12.2. The Labute approximate surface area is 123 Å². The van der Waals surface area contributed by atoms with Crippen LogP contribution >= 0.6 is 0 Å². The van der Waals surface area contributed by atoms with E-state index >= 15 is 0 Å². The van der Waals surface area contributed by atoms with Crippen LogP contribution in [0.5, 0.6) is 0 Å². The summed E-state index contributed by atoms with van der Waals surface area (Å²) in [7, 11) is 1.56. The second-order valence-electron chi connectivity index (χ2n) is 5.12. The number of carbonyl (C=O) groups is 2. The van der Waals surface area contributed by atoms with E-state index < -0.39 is 12.0 Å². The molecular weight excluding hydrogens is 272 g/mol. The minimum absolute atomic E-state index is 0.116. The number of carboxylic acid groups (broad SMARTS) is 1. The number of hydrogen-bond donors (Lipinski definition) is 2. The van der Waals surface area contributed by atoms with Crippen molar-refractivity contribution in [1.29, 1.82) is 0 Å². The summed E-state index contributed by atoms with van der Waals surface area (Å²) in [6.07, 6.45) is 0.544. The molecule has 1 aromatic rings. The predicted octanol–water partition coefficient (Wildman–Crippen LogP) is 1.41. The lowest BCUT2D eigenvalue weighted by Crippen LogP contribution is -2.49. The summed E-state index contributed by atoms with van der Waals surface area (Å²) < 4.78 is 5.07. The smallest absolute Gasteiger partial charge is 0.331 e. The van der Waals surface area contributed by atoms with E-state index in [-0.39, 0.29) is 12.1 Å². The number of nitrogens with one attached hydrogen (secondary N) is 1. The number of methoxy groups -OCH3 is 1. The first-order valence-corrected chi connectivity index (χ1v) is 6.92. The standard InChI is InChI=1S/C15H20N2O4/c1-10(21-2)9-16-15(20)17-8-7-11-5-3-4-6-12(11)13(17)14(18)19/h3-6,10,13H,7-9H2,1-2H3,(H,16,20)(H,18,19). The molecule has 0 bridgehead atoms. The highest BCUT2D eigenvalue weighted by Gasteiger charge is 2.35. The number of fused-ring (bicyclic) bond motifs is 1. The van der Waals surface area contributed by atoms with E-state index in [1.54, 1.807) is 19.2 Å². The normalized spacial score (nSPS) is 18.8. The molecule has 0 radical (unpaired) electrons. The number of rotatable bonds is 4. The highest BCUT2D eigenvalue weighted by Crippen LogP contribution is 2.29. The Morgan fingerprint density at radius 1 is 1.48 bits per heavy atom. The van der Waals surface area contributed by atoms with Gasteiger partial charge in [-0.3, -0.25) is 0 Å². The zero-order chi connectivity index (χ0) is 15.4. The molecule has 0 aromatic heterocycles. The molecule has 1 heterocycles. The summed E-state index contributed by atoms with van der Waals surface area (Å²) >= 11 is 0. The van der Waals surface area contributed by atoms with Crippen molar-refractivity contribution in [3.05, 3.63) is 35.4 Å². The number of carboxylic acids is 1. The lowest BCUT2D eigenvalue weighted by Gasteiger charge is -2.34. The number of amides is 2. The molecule has 0 aliphatic carbocycles. The third-order valence-corrected chi connectivity index (χ3v) is 3.72. The summed E-state index contributed by atoms with van der Waals surface area (Å²) in [6, 6.07) is 6.05. The largest absolute Gasteiger partial charge is 0.479 e. The van der Waals surface area contributed by atoms with E-state index in [1.807, 2.05) is 19.1 Å². The van der Waals surface area contributed by atoms with Crippen molar-refractivity contribution < 1.29 is 19.4 Å². The Hall–Kier alpha value is -2.08. The molecule has 2 N–H and O–H groups in total. The molecule has 0 saturated carbocycles. The predicted molar refractivity (Wildman–Crippen MR) is 77.1 cm³/mol. The van der Waals surface area contributed by atoms with E-state index in [4.69, 9.17) is 4.74 Å². The molecule has 2 amide bonds. The topological polar surface area (TPSA) is 78.9 Å². The van der Waals surface area contributed by atoms with Crippen molar-refractivity contribution in [3.63, 3.8) is 0 Å². The molecule has 21 heavy (non-hydrogen) atoms. The van der Waals surface area contributed by atoms with E-state index in [0.29, 0.717) is 25.1 Å². The zero-order valence-corrected chi connectivity index (χ0v) is 12.2. The molecule has 2 atom stereocenters. The van der Waals surface area contributed by atoms with Gasteiger partial charge < -0.3 is 20.1 Å². The average Bonchev–Trinajstić information content (AvgIpc) is 2.50. The second-order valence-corrected chi connectivity index (χ2v) is 5.12. The first-order chi connectivity index (χ1) is 10.0. The van der Waals surface area contributed by atoms with Crippen LogP contribution in [0.1, 0.15) is 24.1 Å². The maximum Gasteiger partial charge on any atom is 0.331 e. The van der Waals surface area contributed by atoms with Crippen LogP contribution in [0.2, 0.25) is 0 Å². The fourth-order valence-electron chi connectivity index (χ4n) is 2.47. The van der Waals surface area contributed by atoms with Gasteiger partial charge in [-0.2, -0.15) is 0 Å². The SMILES string of the molecule is COC(C)CNC(=O)N1CCc2ccccc2C1C(=O)O. The minimum atomic E-state index is -1.02. The van der Waals surface area contributed by atoms with Crippen LogP contribution in [0, 0.1) is 0 Å². The summed E-state index contributed by atoms with van der Waals surface area (Å²) in [6.45, 7) is 2.57. The molecule has 1 aliphatic heterocycles. The number of urea groups is 1. The van der Waals surface area contributed by atoms with Gasteiger partial charge in [-0.25, -0.2) is 9.59 Å². The number of carbonyl (C=O) groups excluding carboxylic acids is 1. The molecule has 0 spiro atoms. The van der Waals surface area contributed by atoms with Gasteiger partial charge in [-0.05, 0) is 24.5 Å². The molecular formula is C15H20N2O4. The van der Waals surface area contributed by atoms with E-state index in [0.717, 1.165) is 5.56 Å². The van der Waals surface area contributed by atoms with Gasteiger partial charge in [-0.15, -0.1) is 0 Å². The number of nitrogens with zero attached hydrogens (tertiary/aromatic N) is 1. The van der Waals surface area contributed by atoms with Crippen molar-refractivity contribution in [2.75, 3.05) is 20.2 Å².